The highest BCUT2D eigenvalue weighted by Gasteiger charge is 2.22. The van der Waals surface area contributed by atoms with Crippen molar-refractivity contribution in [2.24, 2.45) is 0 Å². The molecule has 0 aromatic carbocycles. The van der Waals surface area contributed by atoms with Gasteiger partial charge >= 0.3 is 0 Å². The fourth-order valence-corrected chi connectivity index (χ4v) is 8.66. The zero-order valence-corrected chi connectivity index (χ0v) is 40.2. The van der Waals surface area contributed by atoms with Crippen LogP contribution in [0.25, 0.3) is 0 Å². The first-order chi connectivity index (χ1) is 29.1. The Kier molecular flexibility index (Phi) is 49.0. The summed E-state index contributed by atoms with van der Waals surface area (Å²) in [7, 11) is 0. The minimum atomic E-state index is -1.09. The Balaban J connectivity index is 3.56. The Morgan fingerprint density at radius 3 is 0.932 bits per heavy atom. The van der Waals surface area contributed by atoms with E-state index in [1.165, 1.54) is 250 Å². The van der Waals surface area contributed by atoms with Crippen LogP contribution in [0.4, 0.5) is 0 Å². The number of carbonyl (C=O) groups excluding carboxylic acids is 1. The summed E-state index contributed by atoms with van der Waals surface area (Å²) < 4.78 is 0. The first-order valence-electron chi connectivity index (χ1n) is 27.0. The second-order valence-corrected chi connectivity index (χ2v) is 18.8. The summed E-state index contributed by atoms with van der Waals surface area (Å²) in [4.78, 5) is 12.5. The molecule has 3 atom stereocenters. The van der Waals surface area contributed by atoms with Gasteiger partial charge in [0, 0.05) is 0 Å². The van der Waals surface area contributed by atoms with Crippen molar-refractivity contribution in [2.75, 3.05) is 6.61 Å². The Bertz CT molecular complexity index is 833. The molecular weight excluding hydrogens is 727 g/mol. The standard InChI is InChI=1S/C54H107NO4/c1-3-5-7-9-11-13-15-17-19-21-23-25-26-27-29-30-32-34-36-38-40-42-44-46-48-52(57)51(50-56)55-54(59)53(58)49-47-45-43-41-39-37-35-33-31-28-24-22-20-18-16-14-12-10-8-6-4-2/h46,48,51-53,56-58H,3-45,47,49-50H2,1-2H3,(H,55,59)/b48-46+. The largest absolute Gasteiger partial charge is 0.394 e. The quantitative estimate of drug-likeness (QED) is 0.0363. The number of carbonyl (C=O) groups is 1. The second-order valence-electron chi connectivity index (χ2n) is 18.8. The fourth-order valence-electron chi connectivity index (χ4n) is 8.66. The van der Waals surface area contributed by atoms with Crippen LogP contribution < -0.4 is 5.32 Å². The van der Waals surface area contributed by atoms with Gasteiger partial charge in [0.25, 0.3) is 0 Å². The molecule has 0 aromatic heterocycles. The molecule has 0 heterocycles. The molecule has 5 nitrogen and oxygen atoms in total. The Morgan fingerprint density at radius 2 is 0.661 bits per heavy atom. The maximum absolute atomic E-state index is 12.5. The molecule has 5 heteroatoms. The highest BCUT2D eigenvalue weighted by molar-refractivity contribution is 5.80. The van der Waals surface area contributed by atoms with Crippen LogP contribution in [0.5, 0.6) is 0 Å². The molecule has 0 bridgehead atoms. The van der Waals surface area contributed by atoms with E-state index in [0.29, 0.717) is 6.42 Å². The van der Waals surface area contributed by atoms with Crippen LogP contribution in [0.15, 0.2) is 12.2 Å². The van der Waals surface area contributed by atoms with Gasteiger partial charge in [-0.15, -0.1) is 0 Å². The van der Waals surface area contributed by atoms with Gasteiger partial charge in [0.2, 0.25) is 5.91 Å². The summed E-state index contributed by atoms with van der Waals surface area (Å²) in [5.74, 6) is -0.496. The van der Waals surface area contributed by atoms with Gasteiger partial charge in [0.15, 0.2) is 0 Å². The predicted octanol–water partition coefficient (Wildman–Crippen LogP) is 16.3. The molecule has 0 radical (unpaired) electrons. The molecule has 0 spiro atoms. The van der Waals surface area contributed by atoms with Gasteiger partial charge in [-0.1, -0.05) is 296 Å². The van der Waals surface area contributed by atoms with E-state index < -0.39 is 24.2 Å². The van der Waals surface area contributed by atoms with Crippen molar-refractivity contribution in [3.63, 3.8) is 0 Å². The molecule has 352 valence electrons. The van der Waals surface area contributed by atoms with Crippen molar-refractivity contribution in [1.29, 1.82) is 0 Å². The SMILES string of the molecule is CCCCCCCCCCCCCCCCCCCCCCCC/C=C/C(O)C(CO)NC(=O)C(O)CCCCCCCCCCCCCCCCCCCCCCC. The minimum absolute atomic E-state index is 0.358. The monoisotopic (exact) mass is 834 g/mol. The third-order valence-electron chi connectivity index (χ3n) is 12.9. The first-order valence-corrected chi connectivity index (χ1v) is 27.0. The number of nitrogens with one attached hydrogen (secondary N) is 1. The summed E-state index contributed by atoms with van der Waals surface area (Å²) in [5, 5.41) is 33.3. The Labute approximate surface area is 369 Å². The summed E-state index contributed by atoms with van der Waals surface area (Å²) >= 11 is 0. The van der Waals surface area contributed by atoms with Crippen LogP contribution >= 0.6 is 0 Å². The Morgan fingerprint density at radius 1 is 0.407 bits per heavy atom. The van der Waals surface area contributed by atoms with E-state index in [-0.39, 0.29) is 6.61 Å². The van der Waals surface area contributed by atoms with Crippen molar-refractivity contribution in [3.05, 3.63) is 12.2 Å². The van der Waals surface area contributed by atoms with Crippen LogP contribution in [0.3, 0.4) is 0 Å². The number of rotatable bonds is 50. The number of allylic oxidation sites excluding steroid dienone is 1. The number of aliphatic hydroxyl groups excluding tert-OH is 3. The molecule has 0 saturated carbocycles. The predicted molar refractivity (Wildman–Crippen MR) is 259 cm³/mol. The molecule has 4 N–H and O–H groups in total. The van der Waals surface area contributed by atoms with Crippen LogP contribution in [0.2, 0.25) is 0 Å². The van der Waals surface area contributed by atoms with Gasteiger partial charge < -0.3 is 20.6 Å². The fraction of sp³-hybridized carbons (Fsp3) is 0.944. The molecular formula is C54H107NO4. The average molecular weight is 834 g/mol. The van der Waals surface area contributed by atoms with Gasteiger partial charge in [0.05, 0.1) is 18.8 Å². The lowest BCUT2D eigenvalue weighted by Gasteiger charge is -2.21. The molecule has 3 unspecified atom stereocenters. The average Bonchev–Trinajstić information content (AvgIpc) is 3.24. The number of hydrogen-bond donors (Lipinski definition) is 4. The molecule has 59 heavy (non-hydrogen) atoms. The van der Waals surface area contributed by atoms with Crippen LogP contribution in [-0.2, 0) is 4.79 Å². The first kappa shape index (κ1) is 58.1. The number of unbranched alkanes of at least 4 members (excludes halogenated alkanes) is 42. The topological polar surface area (TPSA) is 89.8 Å². The maximum atomic E-state index is 12.5. The maximum Gasteiger partial charge on any atom is 0.249 e. The van der Waals surface area contributed by atoms with E-state index in [2.05, 4.69) is 19.2 Å². The molecule has 0 fully saturated rings. The minimum Gasteiger partial charge on any atom is -0.394 e. The van der Waals surface area contributed by atoms with Crippen molar-refractivity contribution < 1.29 is 20.1 Å². The molecule has 0 rings (SSSR count). The highest BCUT2D eigenvalue weighted by atomic mass is 16.3. The van der Waals surface area contributed by atoms with E-state index in [0.717, 1.165) is 32.1 Å². The summed E-state index contributed by atoms with van der Waals surface area (Å²) in [6.07, 6.45) is 61.4. The lowest BCUT2D eigenvalue weighted by molar-refractivity contribution is -0.131. The third kappa shape index (κ3) is 44.9. The van der Waals surface area contributed by atoms with Crippen molar-refractivity contribution in [3.8, 4) is 0 Å². The molecule has 0 saturated heterocycles. The van der Waals surface area contributed by atoms with Crippen LogP contribution in [0, 0.1) is 0 Å². The highest BCUT2D eigenvalue weighted by Crippen LogP contribution is 2.18. The summed E-state index contributed by atoms with van der Waals surface area (Å²) in [6.45, 7) is 4.22. The number of aliphatic hydroxyl groups is 3. The van der Waals surface area contributed by atoms with Gasteiger partial charge in [-0.2, -0.15) is 0 Å². The van der Waals surface area contributed by atoms with Crippen LogP contribution in [-0.4, -0.2) is 46.1 Å². The second kappa shape index (κ2) is 49.7. The molecule has 0 aliphatic carbocycles. The molecule has 0 aromatic rings. The number of amides is 1. The smallest absolute Gasteiger partial charge is 0.249 e. The van der Waals surface area contributed by atoms with Crippen LogP contribution in [0.1, 0.15) is 303 Å². The van der Waals surface area contributed by atoms with E-state index in [1.54, 1.807) is 6.08 Å². The molecule has 0 aliphatic rings. The van der Waals surface area contributed by atoms with Gasteiger partial charge in [-0.3, -0.25) is 4.79 Å². The number of hydrogen-bond acceptors (Lipinski definition) is 4. The lowest BCUT2D eigenvalue weighted by Crippen LogP contribution is -2.48. The lowest BCUT2D eigenvalue weighted by atomic mass is 10.0. The summed E-state index contributed by atoms with van der Waals surface area (Å²) in [5.41, 5.74) is 0. The van der Waals surface area contributed by atoms with Crippen molar-refractivity contribution in [2.45, 2.75) is 321 Å². The normalized spacial score (nSPS) is 13.4. The third-order valence-corrected chi connectivity index (χ3v) is 12.9. The molecule has 1 amide bonds. The van der Waals surface area contributed by atoms with E-state index in [4.69, 9.17) is 0 Å². The zero-order chi connectivity index (χ0) is 43.0. The van der Waals surface area contributed by atoms with E-state index in [9.17, 15) is 20.1 Å². The van der Waals surface area contributed by atoms with Crippen molar-refractivity contribution >= 4 is 5.91 Å². The van der Waals surface area contributed by atoms with Gasteiger partial charge in [-0.25, -0.2) is 0 Å². The van der Waals surface area contributed by atoms with E-state index >= 15 is 0 Å². The Hall–Kier alpha value is -0.910. The van der Waals surface area contributed by atoms with Gasteiger partial charge in [0.1, 0.15) is 6.10 Å². The summed E-state index contributed by atoms with van der Waals surface area (Å²) in [6, 6.07) is -0.794. The van der Waals surface area contributed by atoms with E-state index in [1.807, 2.05) is 6.08 Å². The van der Waals surface area contributed by atoms with Gasteiger partial charge in [-0.05, 0) is 19.3 Å². The molecule has 0 aliphatic heterocycles. The zero-order valence-electron chi connectivity index (χ0n) is 40.2. The van der Waals surface area contributed by atoms with Crippen molar-refractivity contribution in [1.82, 2.24) is 5.32 Å².